The number of aromatic nitrogens is 1. The molecule has 0 saturated carbocycles. The van der Waals surface area contributed by atoms with Gasteiger partial charge in [0.1, 0.15) is 5.82 Å². The summed E-state index contributed by atoms with van der Waals surface area (Å²) in [5.74, 6) is 0.202. The Bertz CT molecular complexity index is 527. The third-order valence-corrected chi connectivity index (χ3v) is 2.97. The molecule has 0 radical (unpaired) electrons. The summed E-state index contributed by atoms with van der Waals surface area (Å²) in [6.45, 7) is 0.761. The van der Waals surface area contributed by atoms with E-state index in [-0.39, 0.29) is 17.6 Å². The monoisotopic (exact) mass is 266 g/mol. The van der Waals surface area contributed by atoms with E-state index in [0.717, 1.165) is 0 Å². The lowest BCUT2D eigenvalue weighted by atomic mass is 10.1. The smallest absolute Gasteiger partial charge is 0.227 e. The van der Waals surface area contributed by atoms with Gasteiger partial charge < -0.3 is 10.6 Å². The van der Waals surface area contributed by atoms with Crippen molar-refractivity contribution < 1.29 is 4.79 Å². The van der Waals surface area contributed by atoms with E-state index in [2.05, 4.69) is 15.0 Å². The second-order valence-corrected chi connectivity index (χ2v) is 4.48. The zero-order chi connectivity index (χ0) is 13.1. The molecule has 2 N–H and O–H groups in total. The van der Waals surface area contributed by atoms with E-state index >= 15 is 0 Å². The van der Waals surface area contributed by atoms with Crippen LogP contribution >= 0.6 is 11.6 Å². The molecule has 0 aromatic carbocycles. The number of nitrogens with zero attached hydrogens (tertiary/aromatic N) is 5. The fourth-order valence-electron chi connectivity index (χ4n) is 1.94. The van der Waals surface area contributed by atoms with E-state index in [4.69, 9.17) is 22.9 Å². The summed E-state index contributed by atoms with van der Waals surface area (Å²) in [4.78, 5) is 20.0. The maximum absolute atomic E-state index is 11.9. The van der Waals surface area contributed by atoms with Crippen LogP contribution in [-0.4, -0.2) is 24.0 Å². The highest BCUT2D eigenvalue weighted by atomic mass is 35.5. The molecule has 1 saturated heterocycles. The predicted molar refractivity (Wildman–Crippen MR) is 68.1 cm³/mol. The molecule has 94 valence electrons. The molecule has 7 nitrogen and oxygen atoms in total. The number of pyridine rings is 1. The number of rotatable bonds is 3. The maximum atomic E-state index is 11.9. The standard InChI is InChI=1S/C10H11ClN6O/c11-7-2-8(10(12)14-4-7)17-5-6(1-9(17)18)3-15-16-13/h2,4,6H,1,3,5H2,(H2,12,14). The van der Waals surface area contributed by atoms with Crippen LogP contribution in [0.4, 0.5) is 11.5 Å². The molecule has 0 bridgehead atoms. The summed E-state index contributed by atoms with van der Waals surface area (Å²) in [6, 6.07) is 1.61. The largest absolute Gasteiger partial charge is 0.382 e. The van der Waals surface area contributed by atoms with Gasteiger partial charge in [0.15, 0.2) is 0 Å². The molecule has 1 aromatic rings. The second-order valence-electron chi connectivity index (χ2n) is 4.05. The van der Waals surface area contributed by atoms with E-state index < -0.39 is 0 Å². The first-order valence-corrected chi connectivity index (χ1v) is 5.72. The first-order valence-electron chi connectivity index (χ1n) is 5.34. The van der Waals surface area contributed by atoms with Crippen LogP contribution in [0.2, 0.25) is 5.02 Å². The molecule has 1 unspecified atom stereocenters. The van der Waals surface area contributed by atoms with Gasteiger partial charge in [0.2, 0.25) is 5.91 Å². The first kappa shape index (κ1) is 12.5. The number of halogens is 1. The maximum Gasteiger partial charge on any atom is 0.227 e. The number of nitrogen functional groups attached to an aromatic ring is 1. The van der Waals surface area contributed by atoms with Gasteiger partial charge in [-0.05, 0) is 17.5 Å². The predicted octanol–water partition coefficient (Wildman–Crippen LogP) is 1.98. The zero-order valence-corrected chi connectivity index (χ0v) is 10.2. The Morgan fingerprint density at radius 1 is 1.72 bits per heavy atom. The quantitative estimate of drug-likeness (QED) is 0.513. The average molecular weight is 267 g/mol. The molecular weight excluding hydrogens is 256 g/mol. The minimum atomic E-state index is -0.0658. The lowest BCUT2D eigenvalue weighted by Gasteiger charge is -2.18. The van der Waals surface area contributed by atoms with Crippen LogP contribution in [0.1, 0.15) is 6.42 Å². The summed E-state index contributed by atoms with van der Waals surface area (Å²) >= 11 is 5.84. The van der Waals surface area contributed by atoms with Gasteiger partial charge in [-0.2, -0.15) is 0 Å². The molecule has 1 aromatic heterocycles. The number of hydrogen-bond acceptors (Lipinski definition) is 4. The molecule has 1 atom stereocenters. The summed E-state index contributed by atoms with van der Waals surface area (Å²) < 4.78 is 0. The van der Waals surface area contributed by atoms with Crippen molar-refractivity contribution in [3.63, 3.8) is 0 Å². The molecule has 1 amide bonds. The van der Waals surface area contributed by atoms with E-state index in [1.165, 1.54) is 11.1 Å². The second kappa shape index (κ2) is 5.12. The number of azide groups is 1. The highest BCUT2D eigenvalue weighted by Crippen LogP contribution is 2.30. The van der Waals surface area contributed by atoms with Gasteiger partial charge in [0, 0.05) is 30.6 Å². The molecule has 0 aliphatic carbocycles. The SMILES string of the molecule is [N-]=[N+]=NCC1CC(=O)N(c2cc(Cl)cnc2N)C1. The molecule has 1 fully saturated rings. The highest BCUT2D eigenvalue weighted by Gasteiger charge is 2.31. The van der Waals surface area contributed by atoms with Gasteiger partial charge in [-0.15, -0.1) is 0 Å². The number of nitrogens with two attached hydrogens (primary N) is 1. The molecule has 1 aliphatic heterocycles. The Morgan fingerprint density at radius 2 is 2.50 bits per heavy atom. The van der Waals surface area contributed by atoms with Crippen LogP contribution in [0.3, 0.4) is 0 Å². The van der Waals surface area contributed by atoms with E-state index in [9.17, 15) is 4.79 Å². The molecule has 1 aliphatic rings. The van der Waals surface area contributed by atoms with Crippen molar-refractivity contribution in [1.82, 2.24) is 4.98 Å². The lowest BCUT2D eigenvalue weighted by molar-refractivity contribution is -0.117. The Hall–Kier alpha value is -1.98. The molecule has 0 spiro atoms. The third-order valence-electron chi connectivity index (χ3n) is 2.76. The van der Waals surface area contributed by atoms with E-state index in [1.54, 1.807) is 6.07 Å². The normalized spacial score (nSPS) is 18.8. The average Bonchev–Trinajstić information content (AvgIpc) is 2.71. The zero-order valence-electron chi connectivity index (χ0n) is 9.45. The van der Waals surface area contributed by atoms with Crippen LogP contribution in [0.5, 0.6) is 0 Å². The van der Waals surface area contributed by atoms with Crippen molar-refractivity contribution in [3.8, 4) is 0 Å². The summed E-state index contributed by atoms with van der Waals surface area (Å²) in [5.41, 5.74) is 14.5. The van der Waals surface area contributed by atoms with Crippen molar-refractivity contribution >= 4 is 29.0 Å². The Kier molecular flexibility index (Phi) is 3.55. The fourth-order valence-corrected chi connectivity index (χ4v) is 2.10. The van der Waals surface area contributed by atoms with Crippen LogP contribution in [0.25, 0.3) is 10.4 Å². The number of hydrogen-bond donors (Lipinski definition) is 1. The third kappa shape index (κ3) is 2.47. The van der Waals surface area contributed by atoms with Crippen molar-refractivity contribution in [2.24, 2.45) is 11.0 Å². The number of carbonyl (C=O) groups is 1. The minimum Gasteiger partial charge on any atom is -0.382 e. The van der Waals surface area contributed by atoms with Crippen LogP contribution < -0.4 is 10.6 Å². The molecular formula is C10H11ClN6O. The summed E-state index contributed by atoms with van der Waals surface area (Å²) in [6.07, 6.45) is 1.77. The van der Waals surface area contributed by atoms with Gasteiger partial charge >= 0.3 is 0 Å². The van der Waals surface area contributed by atoms with Crippen molar-refractivity contribution in [3.05, 3.63) is 27.7 Å². The molecule has 8 heteroatoms. The molecule has 2 rings (SSSR count). The first-order chi connectivity index (χ1) is 8.61. The van der Waals surface area contributed by atoms with Gasteiger partial charge in [-0.3, -0.25) is 4.79 Å². The van der Waals surface area contributed by atoms with Gasteiger partial charge in [-0.25, -0.2) is 4.98 Å². The molecule has 18 heavy (non-hydrogen) atoms. The highest BCUT2D eigenvalue weighted by molar-refractivity contribution is 6.30. The number of anilines is 2. The summed E-state index contributed by atoms with van der Waals surface area (Å²) in [7, 11) is 0. The fraction of sp³-hybridized carbons (Fsp3) is 0.400. The lowest BCUT2D eigenvalue weighted by Crippen LogP contribution is -2.26. The van der Waals surface area contributed by atoms with Crippen molar-refractivity contribution in [1.29, 1.82) is 0 Å². The minimum absolute atomic E-state index is 0.00628. The van der Waals surface area contributed by atoms with Crippen LogP contribution in [0, 0.1) is 5.92 Å². The number of carbonyl (C=O) groups excluding carboxylic acids is 1. The van der Waals surface area contributed by atoms with Gasteiger partial charge in [-0.1, -0.05) is 16.7 Å². The van der Waals surface area contributed by atoms with E-state index in [1.807, 2.05) is 0 Å². The summed E-state index contributed by atoms with van der Waals surface area (Å²) in [5, 5.41) is 3.91. The van der Waals surface area contributed by atoms with Crippen LogP contribution in [-0.2, 0) is 4.79 Å². The van der Waals surface area contributed by atoms with Crippen LogP contribution in [0.15, 0.2) is 17.4 Å². The molecule has 2 heterocycles. The van der Waals surface area contributed by atoms with Gasteiger partial charge in [0.25, 0.3) is 0 Å². The van der Waals surface area contributed by atoms with E-state index in [0.29, 0.717) is 30.2 Å². The van der Waals surface area contributed by atoms with Gasteiger partial charge in [0.05, 0.1) is 10.7 Å². The Morgan fingerprint density at radius 3 is 3.22 bits per heavy atom. The topological polar surface area (TPSA) is 108 Å². The Labute approximate surface area is 108 Å². The van der Waals surface area contributed by atoms with Crippen molar-refractivity contribution in [2.75, 3.05) is 23.7 Å². The Balaban J connectivity index is 2.21. The van der Waals surface area contributed by atoms with Crippen molar-refractivity contribution in [2.45, 2.75) is 6.42 Å². The number of amides is 1.